The number of likely N-dealkylation sites (tertiary alicyclic amines) is 1. The van der Waals surface area contributed by atoms with Crippen LogP contribution in [0.25, 0.3) is 5.52 Å². The lowest BCUT2D eigenvalue weighted by Gasteiger charge is -2.28. The lowest BCUT2D eigenvalue weighted by Crippen LogP contribution is -2.41. The number of hydrogen-bond donors (Lipinski definition) is 1. The van der Waals surface area contributed by atoms with Gasteiger partial charge in [0.05, 0.1) is 12.6 Å². The van der Waals surface area contributed by atoms with Gasteiger partial charge >= 0.3 is 6.09 Å². The molecule has 26 heavy (non-hydrogen) atoms. The molecule has 1 aliphatic rings. The highest BCUT2D eigenvalue weighted by molar-refractivity contribution is 14.1. The Balaban J connectivity index is 1.91. The van der Waals surface area contributed by atoms with Gasteiger partial charge in [0.25, 0.3) is 0 Å². The maximum absolute atomic E-state index is 12.6. The Morgan fingerprint density at radius 1 is 1.46 bits per heavy atom. The van der Waals surface area contributed by atoms with Crippen molar-refractivity contribution in [1.29, 1.82) is 0 Å². The molecule has 9 heteroatoms. The predicted molar refractivity (Wildman–Crippen MR) is 106 cm³/mol. The number of nitrogens with two attached hydrogens (primary N) is 1. The maximum atomic E-state index is 12.6. The van der Waals surface area contributed by atoms with Crippen LogP contribution in [0.4, 0.5) is 10.6 Å². The Labute approximate surface area is 166 Å². The summed E-state index contributed by atoms with van der Waals surface area (Å²) in [4.78, 5) is 23.2. The smallest absolute Gasteiger partial charge is 0.410 e. The minimum absolute atomic E-state index is 0.0518. The van der Waals surface area contributed by atoms with E-state index in [-0.39, 0.29) is 18.1 Å². The first-order valence-electron chi connectivity index (χ1n) is 8.47. The molecule has 1 aliphatic heterocycles. The van der Waals surface area contributed by atoms with Gasteiger partial charge in [-0.1, -0.05) is 0 Å². The summed E-state index contributed by atoms with van der Waals surface area (Å²) in [5, 5.41) is 0. The Morgan fingerprint density at radius 2 is 2.19 bits per heavy atom. The third-order valence-electron chi connectivity index (χ3n) is 4.33. The highest BCUT2D eigenvalue weighted by atomic mass is 127. The highest BCUT2D eigenvalue weighted by Gasteiger charge is 2.40. The van der Waals surface area contributed by atoms with E-state index in [2.05, 4.69) is 27.6 Å². The topological polar surface area (TPSA) is 95.0 Å². The summed E-state index contributed by atoms with van der Waals surface area (Å²) >= 11 is 2.17. The average Bonchev–Trinajstić information content (AvgIpc) is 3.08. The number of nitrogen functional groups attached to an aromatic ring is 1. The quantitative estimate of drug-likeness (QED) is 0.689. The van der Waals surface area contributed by atoms with Crippen LogP contribution in [0.15, 0.2) is 12.4 Å². The van der Waals surface area contributed by atoms with E-state index in [1.807, 2.05) is 31.4 Å². The predicted octanol–water partition coefficient (Wildman–Crippen LogP) is 2.66. The zero-order chi connectivity index (χ0) is 19.1. The summed E-state index contributed by atoms with van der Waals surface area (Å²) in [6, 6.07) is -0.0518. The molecule has 0 saturated carbocycles. The lowest BCUT2D eigenvalue weighted by molar-refractivity contribution is 0.0147. The van der Waals surface area contributed by atoms with Crippen LogP contribution < -0.4 is 5.73 Å². The van der Waals surface area contributed by atoms with Gasteiger partial charge in [-0.2, -0.15) is 0 Å². The highest BCUT2D eigenvalue weighted by Crippen LogP contribution is 2.34. The Morgan fingerprint density at radius 3 is 2.85 bits per heavy atom. The monoisotopic (exact) mass is 473 g/mol. The molecule has 1 fully saturated rings. The van der Waals surface area contributed by atoms with Gasteiger partial charge in [-0.05, 0) is 49.8 Å². The summed E-state index contributed by atoms with van der Waals surface area (Å²) in [5.74, 6) is 1.40. The van der Waals surface area contributed by atoms with Gasteiger partial charge in [0.15, 0.2) is 5.82 Å². The van der Waals surface area contributed by atoms with Crippen molar-refractivity contribution in [2.45, 2.75) is 44.8 Å². The van der Waals surface area contributed by atoms with Gasteiger partial charge in [0.2, 0.25) is 0 Å². The number of methoxy groups -OCH3 is 1. The van der Waals surface area contributed by atoms with Crippen molar-refractivity contribution >= 4 is 40.0 Å². The Bertz CT molecular complexity index is 817. The maximum Gasteiger partial charge on any atom is 0.410 e. The number of carbonyl (C=O) groups excluding carboxylic acids is 1. The zero-order valence-electron chi connectivity index (χ0n) is 15.4. The number of anilines is 1. The number of amides is 1. The van der Waals surface area contributed by atoms with Crippen molar-refractivity contribution in [3.63, 3.8) is 0 Å². The second kappa shape index (κ2) is 7.18. The molecule has 1 amide bonds. The zero-order valence-corrected chi connectivity index (χ0v) is 17.6. The van der Waals surface area contributed by atoms with Crippen molar-refractivity contribution in [3.8, 4) is 0 Å². The summed E-state index contributed by atoms with van der Waals surface area (Å²) < 4.78 is 13.7. The van der Waals surface area contributed by atoms with E-state index in [9.17, 15) is 4.79 Å². The van der Waals surface area contributed by atoms with Crippen molar-refractivity contribution in [2.24, 2.45) is 0 Å². The van der Waals surface area contributed by atoms with Crippen LogP contribution in [0, 0.1) is 3.70 Å². The number of rotatable bonds is 3. The molecule has 0 aliphatic carbocycles. The molecule has 0 radical (unpaired) electrons. The van der Waals surface area contributed by atoms with Gasteiger partial charge in [-0.15, -0.1) is 0 Å². The number of aromatic nitrogens is 3. The molecule has 8 nitrogen and oxygen atoms in total. The van der Waals surface area contributed by atoms with E-state index >= 15 is 0 Å². The number of imidazole rings is 1. The lowest BCUT2D eigenvalue weighted by atomic mass is 10.1. The summed E-state index contributed by atoms with van der Waals surface area (Å²) in [6.45, 7) is 6.58. The van der Waals surface area contributed by atoms with Gasteiger partial charge in [-0.3, -0.25) is 4.40 Å². The molecule has 0 aromatic carbocycles. The minimum atomic E-state index is -0.539. The average molecular weight is 473 g/mol. The number of nitrogens with zero attached hydrogens (tertiary/aromatic N) is 4. The van der Waals surface area contributed by atoms with Crippen molar-refractivity contribution in [3.05, 3.63) is 21.9 Å². The van der Waals surface area contributed by atoms with E-state index < -0.39 is 5.60 Å². The van der Waals surface area contributed by atoms with Crippen molar-refractivity contribution in [1.82, 2.24) is 19.3 Å². The fourth-order valence-electron chi connectivity index (χ4n) is 3.33. The van der Waals surface area contributed by atoms with Crippen molar-refractivity contribution in [2.75, 3.05) is 26.0 Å². The number of ether oxygens (including phenoxy) is 2. The van der Waals surface area contributed by atoms with Crippen LogP contribution in [-0.2, 0) is 9.47 Å². The number of fused-ring (bicyclic) bond motifs is 1. The molecule has 142 valence electrons. The second-order valence-electron chi connectivity index (χ2n) is 7.47. The van der Waals surface area contributed by atoms with E-state index in [0.717, 1.165) is 21.5 Å². The van der Waals surface area contributed by atoms with Crippen LogP contribution in [0.5, 0.6) is 0 Å². The van der Waals surface area contributed by atoms with Gasteiger partial charge in [0.1, 0.15) is 20.6 Å². The van der Waals surface area contributed by atoms with Crippen LogP contribution in [-0.4, -0.2) is 57.3 Å². The normalized spacial score (nSPS) is 20.7. The number of hydrogen-bond acceptors (Lipinski definition) is 6. The van der Waals surface area contributed by atoms with E-state index in [4.69, 9.17) is 20.2 Å². The summed E-state index contributed by atoms with van der Waals surface area (Å²) in [5.41, 5.74) is 6.28. The molecule has 2 atom stereocenters. The molecule has 0 spiro atoms. The first kappa shape index (κ1) is 19.2. The van der Waals surface area contributed by atoms with Crippen molar-refractivity contribution < 1.29 is 14.3 Å². The molecule has 3 rings (SSSR count). The molecule has 0 bridgehead atoms. The largest absolute Gasteiger partial charge is 0.444 e. The molecular formula is C17H24IN5O3. The Kier molecular flexibility index (Phi) is 5.29. The summed E-state index contributed by atoms with van der Waals surface area (Å²) in [7, 11) is 1.64. The summed E-state index contributed by atoms with van der Waals surface area (Å²) in [6.07, 6.45) is 3.96. The molecule has 1 unspecified atom stereocenters. The van der Waals surface area contributed by atoms with Crippen LogP contribution in [0.1, 0.15) is 38.9 Å². The molecule has 2 aromatic rings. The van der Waals surface area contributed by atoms with Crippen LogP contribution in [0.3, 0.4) is 0 Å². The third-order valence-corrected chi connectivity index (χ3v) is 5.09. The third kappa shape index (κ3) is 3.73. The van der Waals surface area contributed by atoms with E-state index in [1.165, 1.54) is 0 Å². The molecular weight excluding hydrogens is 449 g/mol. The fourth-order valence-corrected chi connectivity index (χ4v) is 4.11. The first-order chi connectivity index (χ1) is 12.2. The fraction of sp³-hybridized carbons (Fsp3) is 0.588. The first-order valence-corrected chi connectivity index (χ1v) is 9.55. The SMILES string of the molecule is COC[C@H]1CC(c2nc(I)c3c(N)nccn23)CN1C(=O)OC(C)(C)C. The van der Waals surface area contributed by atoms with Crippen LogP contribution in [0.2, 0.25) is 0 Å². The molecule has 2 aromatic heterocycles. The molecule has 3 heterocycles. The molecule has 1 saturated heterocycles. The Hall–Kier alpha value is -1.62. The van der Waals surface area contributed by atoms with Gasteiger partial charge in [-0.25, -0.2) is 14.8 Å². The van der Waals surface area contributed by atoms with E-state index in [0.29, 0.717) is 19.0 Å². The minimum Gasteiger partial charge on any atom is -0.444 e. The number of carbonyl (C=O) groups is 1. The standard InChI is InChI=1S/C17H24IN5O3/c1-17(2,3)26-16(24)23-8-10(7-11(23)9-25-4)15-21-13(18)12-14(19)20-5-6-22(12)15/h5-6,10-11H,7-9H2,1-4H3,(H2,19,20)/t10?,11-/m1/s1. The molecule has 2 N–H and O–H groups in total. The van der Waals surface area contributed by atoms with Gasteiger partial charge in [0, 0.05) is 32.0 Å². The van der Waals surface area contributed by atoms with Crippen LogP contribution >= 0.6 is 22.6 Å². The van der Waals surface area contributed by atoms with E-state index in [1.54, 1.807) is 18.2 Å². The number of halogens is 1. The second-order valence-corrected chi connectivity index (χ2v) is 8.49. The van der Waals surface area contributed by atoms with Gasteiger partial charge < -0.3 is 20.1 Å².